The molecule has 0 fully saturated rings. The van der Waals surface area contributed by atoms with Crippen molar-refractivity contribution in [2.75, 3.05) is 13.7 Å². The number of aliphatic hydroxyl groups excluding tert-OH is 1. The third-order valence-corrected chi connectivity index (χ3v) is 2.61. The van der Waals surface area contributed by atoms with Crippen LogP contribution in [0.3, 0.4) is 0 Å². The maximum absolute atomic E-state index is 11.4. The van der Waals surface area contributed by atoms with Crippen LogP contribution in [0.25, 0.3) is 0 Å². The SMILES string of the molecule is CCCC[C@](CC)(CO)C(=O)OC. The van der Waals surface area contributed by atoms with Gasteiger partial charge in [-0.2, -0.15) is 0 Å². The summed E-state index contributed by atoms with van der Waals surface area (Å²) in [6, 6.07) is 0. The number of hydrogen-bond donors (Lipinski definition) is 1. The summed E-state index contributed by atoms with van der Waals surface area (Å²) >= 11 is 0. The highest BCUT2D eigenvalue weighted by Crippen LogP contribution is 2.29. The Bertz CT molecular complexity index is 150. The molecule has 1 atom stereocenters. The van der Waals surface area contributed by atoms with Gasteiger partial charge in [0.15, 0.2) is 0 Å². The quantitative estimate of drug-likeness (QED) is 0.646. The molecular weight excluding hydrogens is 168 g/mol. The molecule has 1 N–H and O–H groups in total. The van der Waals surface area contributed by atoms with Crippen LogP contribution in [0.15, 0.2) is 0 Å². The van der Waals surface area contributed by atoms with Crippen LogP contribution in [0.4, 0.5) is 0 Å². The molecule has 3 nitrogen and oxygen atoms in total. The van der Waals surface area contributed by atoms with Gasteiger partial charge in [0.2, 0.25) is 0 Å². The first-order valence-electron chi connectivity index (χ1n) is 4.86. The molecule has 0 rings (SSSR count). The summed E-state index contributed by atoms with van der Waals surface area (Å²) in [4.78, 5) is 11.4. The maximum atomic E-state index is 11.4. The Morgan fingerprint density at radius 2 is 2.08 bits per heavy atom. The number of aliphatic hydroxyl groups is 1. The van der Waals surface area contributed by atoms with Gasteiger partial charge in [0.25, 0.3) is 0 Å². The van der Waals surface area contributed by atoms with Crippen LogP contribution in [0.5, 0.6) is 0 Å². The fraction of sp³-hybridized carbons (Fsp3) is 0.900. The normalized spacial score (nSPS) is 15.1. The van der Waals surface area contributed by atoms with Crippen molar-refractivity contribution in [3.8, 4) is 0 Å². The zero-order valence-corrected chi connectivity index (χ0v) is 8.80. The van der Waals surface area contributed by atoms with Crippen molar-refractivity contribution in [3.05, 3.63) is 0 Å². The lowest BCUT2D eigenvalue weighted by Gasteiger charge is -2.27. The molecule has 0 aromatic carbocycles. The third-order valence-electron chi connectivity index (χ3n) is 2.61. The van der Waals surface area contributed by atoms with Crippen molar-refractivity contribution in [2.24, 2.45) is 5.41 Å². The largest absolute Gasteiger partial charge is 0.469 e. The topological polar surface area (TPSA) is 46.5 Å². The molecule has 0 aromatic heterocycles. The average Bonchev–Trinajstić information content (AvgIpc) is 2.19. The summed E-state index contributed by atoms with van der Waals surface area (Å²) in [6.45, 7) is 3.86. The molecule has 0 amide bonds. The highest BCUT2D eigenvalue weighted by Gasteiger charge is 2.36. The summed E-state index contributed by atoms with van der Waals surface area (Å²) in [6.07, 6.45) is 3.32. The van der Waals surface area contributed by atoms with Gasteiger partial charge in [-0.1, -0.05) is 26.7 Å². The van der Waals surface area contributed by atoms with Crippen LogP contribution in [-0.4, -0.2) is 24.8 Å². The van der Waals surface area contributed by atoms with E-state index in [9.17, 15) is 9.90 Å². The lowest BCUT2D eigenvalue weighted by Crippen LogP contribution is -2.35. The molecular formula is C10H20O3. The number of methoxy groups -OCH3 is 1. The second kappa shape index (κ2) is 5.97. The lowest BCUT2D eigenvalue weighted by atomic mass is 9.81. The predicted molar refractivity (Wildman–Crippen MR) is 51.4 cm³/mol. The van der Waals surface area contributed by atoms with Crippen LogP contribution in [0.2, 0.25) is 0 Å². The Labute approximate surface area is 80.1 Å². The minimum Gasteiger partial charge on any atom is -0.469 e. The molecule has 0 unspecified atom stereocenters. The van der Waals surface area contributed by atoms with E-state index in [1.807, 2.05) is 6.92 Å². The monoisotopic (exact) mass is 188 g/mol. The molecule has 0 radical (unpaired) electrons. The smallest absolute Gasteiger partial charge is 0.314 e. The molecule has 0 saturated heterocycles. The summed E-state index contributed by atoms with van der Waals surface area (Å²) in [5.74, 6) is -0.286. The first-order valence-corrected chi connectivity index (χ1v) is 4.86. The van der Waals surface area contributed by atoms with Gasteiger partial charge in [-0.3, -0.25) is 4.79 Å². The maximum Gasteiger partial charge on any atom is 0.314 e. The Kier molecular flexibility index (Phi) is 5.71. The standard InChI is InChI=1S/C10H20O3/c1-4-6-7-10(5-2,8-11)9(12)13-3/h11H,4-8H2,1-3H3/t10-/m1/s1. The van der Waals surface area contributed by atoms with E-state index < -0.39 is 5.41 Å². The van der Waals surface area contributed by atoms with Crippen LogP contribution in [-0.2, 0) is 9.53 Å². The molecule has 0 aliphatic heterocycles. The molecule has 0 bridgehead atoms. The van der Waals surface area contributed by atoms with Crippen LogP contribution >= 0.6 is 0 Å². The third kappa shape index (κ3) is 2.99. The van der Waals surface area contributed by atoms with Crippen molar-refractivity contribution >= 4 is 5.97 Å². The number of carbonyl (C=O) groups is 1. The summed E-state index contributed by atoms with van der Waals surface area (Å²) in [7, 11) is 1.37. The molecule has 0 saturated carbocycles. The molecule has 3 heteroatoms. The van der Waals surface area contributed by atoms with Gasteiger partial charge in [-0.25, -0.2) is 0 Å². The van der Waals surface area contributed by atoms with Crippen LogP contribution < -0.4 is 0 Å². The minimum absolute atomic E-state index is 0.115. The first kappa shape index (κ1) is 12.4. The van der Waals surface area contributed by atoms with Gasteiger partial charge < -0.3 is 9.84 Å². The van der Waals surface area contributed by atoms with E-state index in [4.69, 9.17) is 4.74 Å². The zero-order valence-electron chi connectivity index (χ0n) is 8.80. The second-order valence-electron chi connectivity index (χ2n) is 3.39. The summed E-state index contributed by atoms with van der Waals surface area (Å²) in [5.41, 5.74) is -0.662. The van der Waals surface area contributed by atoms with Gasteiger partial charge in [-0.15, -0.1) is 0 Å². The zero-order chi connectivity index (χ0) is 10.3. The molecule has 0 aliphatic carbocycles. The summed E-state index contributed by atoms with van der Waals surface area (Å²) in [5, 5.41) is 9.20. The number of esters is 1. The number of hydrogen-bond acceptors (Lipinski definition) is 3. The molecule has 0 aliphatic rings. The first-order chi connectivity index (χ1) is 6.16. The number of rotatable bonds is 6. The van der Waals surface area contributed by atoms with Gasteiger partial charge in [0.05, 0.1) is 19.1 Å². The van der Waals surface area contributed by atoms with Crippen molar-refractivity contribution < 1.29 is 14.6 Å². The Morgan fingerprint density at radius 1 is 1.46 bits per heavy atom. The Morgan fingerprint density at radius 3 is 2.38 bits per heavy atom. The van der Waals surface area contributed by atoms with Crippen molar-refractivity contribution in [1.29, 1.82) is 0 Å². The summed E-state index contributed by atoms with van der Waals surface area (Å²) < 4.78 is 4.70. The van der Waals surface area contributed by atoms with Gasteiger partial charge in [0.1, 0.15) is 0 Å². The van der Waals surface area contributed by atoms with E-state index in [1.165, 1.54) is 7.11 Å². The molecule has 78 valence electrons. The molecule has 0 heterocycles. The van der Waals surface area contributed by atoms with Gasteiger partial charge in [-0.05, 0) is 12.8 Å². The predicted octanol–water partition coefficient (Wildman–Crippen LogP) is 1.74. The van der Waals surface area contributed by atoms with Gasteiger partial charge in [0, 0.05) is 0 Å². The highest BCUT2D eigenvalue weighted by atomic mass is 16.5. The van der Waals surface area contributed by atoms with Crippen molar-refractivity contribution in [1.82, 2.24) is 0 Å². The van der Waals surface area contributed by atoms with E-state index >= 15 is 0 Å². The van der Waals surface area contributed by atoms with E-state index in [0.717, 1.165) is 12.8 Å². The number of carbonyl (C=O) groups excluding carboxylic acids is 1. The average molecular weight is 188 g/mol. The Hall–Kier alpha value is -0.570. The fourth-order valence-electron chi connectivity index (χ4n) is 1.41. The molecule has 0 aromatic rings. The van der Waals surface area contributed by atoms with E-state index in [1.54, 1.807) is 0 Å². The Balaban J connectivity index is 4.39. The van der Waals surface area contributed by atoms with E-state index in [2.05, 4.69) is 6.92 Å². The second-order valence-corrected chi connectivity index (χ2v) is 3.39. The van der Waals surface area contributed by atoms with E-state index in [-0.39, 0.29) is 12.6 Å². The van der Waals surface area contributed by atoms with Crippen molar-refractivity contribution in [3.63, 3.8) is 0 Å². The van der Waals surface area contributed by atoms with Crippen LogP contribution in [0.1, 0.15) is 39.5 Å². The molecule has 13 heavy (non-hydrogen) atoms. The van der Waals surface area contributed by atoms with Gasteiger partial charge >= 0.3 is 5.97 Å². The lowest BCUT2D eigenvalue weighted by molar-refractivity contribution is -0.156. The fourth-order valence-corrected chi connectivity index (χ4v) is 1.41. The van der Waals surface area contributed by atoms with E-state index in [0.29, 0.717) is 12.8 Å². The van der Waals surface area contributed by atoms with Crippen LogP contribution in [0, 0.1) is 5.41 Å². The number of ether oxygens (including phenoxy) is 1. The number of unbranched alkanes of at least 4 members (excludes halogenated alkanes) is 1. The van der Waals surface area contributed by atoms with Crippen molar-refractivity contribution in [2.45, 2.75) is 39.5 Å². The minimum atomic E-state index is -0.662. The molecule has 0 spiro atoms. The highest BCUT2D eigenvalue weighted by molar-refractivity contribution is 5.76.